The average molecular weight is 376 g/mol. The quantitative estimate of drug-likeness (QED) is 0.838. The van der Waals surface area contributed by atoms with E-state index in [0.29, 0.717) is 24.7 Å². The normalized spacial score (nSPS) is 20.1. The summed E-state index contributed by atoms with van der Waals surface area (Å²) in [4.78, 5) is 10.6. The molecule has 1 aromatic carbocycles. The Morgan fingerprint density at radius 3 is 2.92 bits per heavy atom. The molecule has 1 fully saturated rings. The molecule has 9 heteroatoms. The van der Waals surface area contributed by atoms with Gasteiger partial charge in [0.2, 0.25) is 12.7 Å². The van der Waals surface area contributed by atoms with Crippen LogP contribution in [0.5, 0.6) is 11.5 Å². The third-order valence-corrected chi connectivity index (χ3v) is 6.38. The Kier molecular flexibility index (Phi) is 4.31. The Morgan fingerprint density at radius 1 is 1.27 bits per heavy atom. The fourth-order valence-corrected chi connectivity index (χ4v) is 4.88. The Balaban J connectivity index is 1.43. The molecule has 1 aromatic heterocycles. The number of aromatic nitrogens is 2. The predicted octanol–water partition coefficient (Wildman–Crippen LogP) is 1.44. The van der Waals surface area contributed by atoms with Crippen molar-refractivity contribution in [2.24, 2.45) is 0 Å². The first kappa shape index (κ1) is 16.9. The van der Waals surface area contributed by atoms with Crippen molar-refractivity contribution in [1.82, 2.24) is 9.97 Å². The second-order valence-electron chi connectivity index (χ2n) is 6.45. The summed E-state index contributed by atoms with van der Waals surface area (Å²) in [6.45, 7) is 0.833. The summed E-state index contributed by atoms with van der Waals surface area (Å²) in [5.41, 5.74) is 1.05. The van der Waals surface area contributed by atoms with Gasteiger partial charge in [0, 0.05) is 25.8 Å². The highest BCUT2D eigenvalue weighted by Crippen LogP contribution is 2.32. The summed E-state index contributed by atoms with van der Waals surface area (Å²) in [7, 11) is -1.11. The van der Waals surface area contributed by atoms with Crippen LogP contribution in [0.1, 0.15) is 12.0 Å². The zero-order valence-corrected chi connectivity index (χ0v) is 15.2. The van der Waals surface area contributed by atoms with Crippen molar-refractivity contribution in [3.05, 3.63) is 36.0 Å². The van der Waals surface area contributed by atoms with Crippen LogP contribution in [0.15, 0.2) is 30.5 Å². The Bertz CT molecular complexity index is 919. The first-order chi connectivity index (χ1) is 12.5. The first-order valence-electron chi connectivity index (χ1n) is 8.39. The van der Waals surface area contributed by atoms with Crippen LogP contribution in [0.25, 0.3) is 0 Å². The van der Waals surface area contributed by atoms with E-state index in [0.717, 1.165) is 17.1 Å². The van der Waals surface area contributed by atoms with Gasteiger partial charge in [-0.25, -0.2) is 13.4 Å². The van der Waals surface area contributed by atoms with Crippen LogP contribution in [0.3, 0.4) is 0 Å². The third kappa shape index (κ3) is 3.52. The standard InChI is InChI=1S/C17H20N4O4S/c1-21(13-5-7-26(22,23)10-13)17-18-6-4-16(20-17)19-9-12-2-3-14-15(8-12)25-11-24-14/h2-4,6,8,13H,5,7,9-11H2,1H3,(H,18,19,20). The van der Waals surface area contributed by atoms with Crippen molar-refractivity contribution in [2.45, 2.75) is 19.0 Å². The highest BCUT2D eigenvalue weighted by atomic mass is 32.2. The number of sulfone groups is 1. The molecule has 0 aliphatic carbocycles. The summed E-state index contributed by atoms with van der Waals surface area (Å²) >= 11 is 0. The lowest BCUT2D eigenvalue weighted by molar-refractivity contribution is 0.174. The number of rotatable bonds is 5. The maximum Gasteiger partial charge on any atom is 0.231 e. The van der Waals surface area contributed by atoms with Crippen molar-refractivity contribution < 1.29 is 17.9 Å². The smallest absolute Gasteiger partial charge is 0.231 e. The molecule has 2 aliphatic heterocycles. The average Bonchev–Trinajstić information content (AvgIpc) is 3.25. The number of benzene rings is 1. The Hall–Kier alpha value is -2.55. The number of anilines is 2. The van der Waals surface area contributed by atoms with Crippen LogP contribution in [-0.2, 0) is 16.4 Å². The van der Waals surface area contributed by atoms with Gasteiger partial charge in [-0.1, -0.05) is 6.07 Å². The molecule has 1 atom stereocenters. The van der Waals surface area contributed by atoms with Crippen molar-refractivity contribution in [3.63, 3.8) is 0 Å². The molecule has 1 unspecified atom stereocenters. The second-order valence-corrected chi connectivity index (χ2v) is 8.68. The topological polar surface area (TPSA) is 93.7 Å². The number of nitrogens with zero attached hydrogens (tertiary/aromatic N) is 3. The minimum absolute atomic E-state index is 0.0795. The molecule has 1 N–H and O–H groups in total. The molecule has 0 bridgehead atoms. The van der Waals surface area contributed by atoms with Gasteiger partial charge in [-0.2, -0.15) is 4.98 Å². The summed E-state index contributed by atoms with van der Waals surface area (Å²) in [6.07, 6.45) is 2.28. The summed E-state index contributed by atoms with van der Waals surface area (Å²) in [5.74, 6) is 3.08. The van der Waals surface area contributed by atoms with Crippen LogP contribution in [-0.4, -0.2) is 49.8 Å². The molecule has 0 saturated carbocycles. The van der Waals surface area contributed by atoms with Gasteiger partial charge < -0.3 is 19.7 Å². The fraction of sp³-hybridized carbons (Fsp3) is 0.412. The highest BCUT2D eigenvalue weighted by molar-refractivity contribution is 7.91. The van der Waals surface area contributed by atoms with E-state index in [1.54, 1.807) is 12.3 Å². The predicted molar refractivity (Wildman–Crippen MR) is 97.4 cm³/mol. The van der Waals surface area contributed by atoms with E-state index in [9.17, 15) is 8.42 Å². The van der Waals surface area contributed by atoms with Gasteiger partial charge in [0.15, 0.2) is 21.3 Å². The zero-order valence-electron chi connectivity index (χ0n) is 14.4. The van der Waals surface area contributed by atoms with Gasteiger partial charge >= 0.3 is 0 Å². The third-order valence-electron chi connectivity index (χ3n) is 4.63. The van der Waals surface area contributed by atoms with Crippen molar-refractivity contribution in [2.75, 3.05) is 35.6 Å². The number of hydrogen-bond acceptors (Lipinski definition) is 8. The maximum absolute atomic E-state index is 11.7. The van der Waals surface area contributed by atoms with Gasteiger partial charge in [0.05, 0.1) is 11.5 Å². The summed E-state index contributed by atoms with van der Waals surface area (Å²) in [5, 5.41) is 3.26. The molecule has 1 saturated heterocycles. The number of ether oxygens (including phenoxy) is 2. The SMILES string of the molecule is CN(c1nccc(NCc2ccc3c(c2)OCO3)n1)C1CCS(=O)(=O)C1. The van der Waals surface area contributed by atoms with E-state index < -0.39 is 9.84 Å². The van der Waals surface area contributed by atoms with E-state index >= 15 is 0 Å². The Morgan fingerprint density at radius 2 is 2.12 bits per heavy atom. The van der Waals surface area contributed by atoms with Crippen molar-refractivity contribution >= 4 is 21.6 Å². The molecule has 2 aromatic rings. The molecule has 2 aliphatic rings. The zero-order chi connectivity index (χ0) is 18.1. The molecule has 4 rings (SSSR count). The summed E-state index contributed by atoms with van der Waals surface area (Å²) < 4.78 is 34.1. The van der Waals surface area contributed by atoms with Gasteiger partial charge in [-0.05, 0) is 30.2 Å². The lowest BCUT2D eigenvalue weighted by atomic mass is 10.2. The number of hydrogen-bond donors (Lipinski definition) is 1. The van der Waals surface area contributed by atoms with Gasteiger partial charge in [0.1, 0.15) is 5.82 Å². The van der Waals surface area contributed by atoms with Gasteiger partial charge in [-0.3, -0.25) is 0 Å². The van der Waals surface area contributed by atoms with Crippen LogP contribution < -0.4 is 19.7 Å². The molecule has 0 spiro atoms. The maximum atomic E-state index is 11.7. The fourth-order valence-electron chi connectivity index (χ4n) is 3.10. The van der Waals surface area contributed by atoms with E-state index in [2.05, 4.69) is 15.3 Å². The Labute approximate surface area is 152 Å². The van der Waals surface area contributed by atoms with Crippen molar-refractivity contribution in [3.8, 4) is 11.5 Å². The van der Waals surface area contributed by atoms with E-state index in [1.807, 2.05) is 30.1 Å². The highest BCUT2D eigenvalue weighted by Gasteiger charge is 2.31. The molecule has 0 radical (unpaired) electrons. The minimum atomic E-state index is -2.94. The van der Waals surface area contributed by atoms with Crippen molar-refractivity contribution in [1.29, 1.82) is 0 Å². The summed E-state index contributed by atoms with van der Waals surface area (Å²) in [6, 6.07) is 7.50. The molecule has 8 nitrogen and oxygen atoms in total. The molecule has 3 heterocycles. The van der Waals surface area contributed by atoms with Gasteiger partial charge in [-0.15, -0.1) is 0 Å². The molecular weight excluding hydrogens is 356 g/mol. The molecule has 26 heavy (non-hydrogen) atoms. The van der Waals surface area contributed by atoms with Gasteiger partial charge in [0.25, 0.3) is 0 Å². The van der Waals surface area contributed by atoms with E-state index in [4.69, 9.17) is 9.47 Å². The lowest BCUT2D eigenvalue weighted by Gasteiger charge is -2.23. The largest absolute Gasteiger partial charge is 0.454 e. The van der Waals surface area contributed by atoms with E-state index in [1.165, 1.54) is 0 Å². The van der Waals surface area contributed by atoms with Crippen LogP contribution >= 0.6 is 0 Å². The minimum Gasteiger partial charge on any atom is -0.454 e. The second kappa shape index (κ2) is 6.64. The van der Waals surface area contributed by atoms with Crippen LogP contribution in [0.2, 0.25) is 0 Å². The molecule has 0 amide bonds. The monoisotopic (exact) mass is 376 g/mol. The first-order valence-corrected chi connectivity index (χ1v) is 10.2. The van der Waals surface area contributed by atoms with Crippen LogP contribution in [0.4, 0.5) is 11.8 Å². The number of fused-ring (bicyclic) bond motifs is 1. The number of nitrogens with one attached hydrogen (secondary N) is 1. The molecule has 138 valence electrons. The lowest BCUT2D eigenvalue weighted by Crippen LogP contribution is -2.33. The van der Waals surface area contributed by atoms with E-state index in [-0.39, 0.29) is 24.3 Å². The van der Waals surface area contributed by atoms with Crippen LogP contribution in [0, 0.1) is 0 Å². The molecular formula is C17H20N4O4S.